The quantitative estimate of drug-likeness (QED) is 0.172. The van der Waals surface area contributed by atoms with Gasteiger partial charge in [-0.3, -0.25) is 24.0 Å². The number of rotatable bonds is 13. The number of fused-ring (bicyclic) bond motifs is 3. The van der Waals surface area contributed by atoms with Crippen LogP contribution < -0.4 is 27.4 Å². The Morgan fingerprint density at radius 3 is 2.20 bits per heavy atom. The monoisotopic (exact) mass is 616 g/mol. The Bertz CT molecular complexity index is 1570. The Hall–Kier alpha value is -4.67. The molecule has 0 bridgehead atoms. The third kappa shape index (κ3) is 7.35. The van der Waals surface area contributed by atoms with Crippen LogP contribution in [0.4, 0.5) is 0 Å². The molecule has 45 heavy (non-hydrogen) atoms. The highest BCUT2D eigenvalue weighted by atomic mass is 16.2. The molecule has 2 aromatic carbocycles. The molecule has 8 N–H and O–H groups in total. The van der Waals surface area contributed by atoms with Crippen molar-refractivity contribution in [3.63, 3.8) is 0 Å². The summed E-state index contributed by atoms with van der Waals surface area (Å²) in [4.78, 5) is 69.0. The average Bonchev–Trinajstić information content (AvgIpc) is 3.37. The molecule has 240 valence electrons. The van der Waals surface area contributed by atoms with Gasteiger partial charge in [0.25, 0.3) is 0 Å². The first-order chi connectivity index (χ1) is 21.4. The van der Waals surface area contributed by atoms with Crippen LogP contribution in [0.5, 0.6) is 0 Å². The molecule has 5 atom stereocenters. The second kappa shape index (κ2) is 14.0. The van der Waals surface area contributed by atoms with Crippen LogP contribution in [0.3, 0.4) is 0 Å². The predicted octanol–water partition coefficient (Wildman–Crippen LogP) is 2.33. The van der Waals surface area contributed by atoms with Gasteiger partial charge in [0.1, 0.15) is 17.6 Å². The number of nitrogens with one attached hydrogen (secondary N) is 4. The topological polar surface area (TPSA) is 189 Å². The van der Waals surface area contributed by atoms with E-state index >= 15 is 0 Å². The molecule has 0 saturated heterocycles. The Labute approximate surface area is 263 Å². The number of carbonyl (C=O) groups is 5. The van der Waals surface area contributed by atoms with E-state index in [-0.39, 0.29) is 18.2 Å². The molecule has 5 amide bonds. The van der Waals surface area contributed by atoms with E-state index in [9.17, 15) is 24.0 Å². The molecular formula is C34H44N6O5. The summed E-state index contributed by atoms with van der Waals surface area (Å²) in [6, 6.07) is 14.9. The Balaban J connectivity index is 1.71. The Kier molecular flexibility index (Phi) is 10.3. The van der Waals surface area contributed by atoms with E-state index in [1.807, 2.05) is 68.4 Å². The van der Waals surface area contributed by atoms with Crippen LogP contribution in [0.1, 0.15) is 69.7 Å². The largest absolute Gasteiger partial charge is 0.370 e. The van der Waals surface area contributed by atoms with E-state index in [2.05, 4.69) is 20.9 Å². The van der Waals surface area contributed by atoms with Gasteiger partial charge in [-0.25, -0.2) is 0 Å². The van der Waals surface area contributed by atoms with E-state index in [1.54, 1.807) is 13.8 Å². The van der Waals surface area contributed by atoms with Crippen molar-refractivity contribution < 1.29 is 24.0 Å². The van der Waals surface area contributed by atoms with Crippen LogP contribution in [0.2, 0.25) is 0 Å². The summed E-state index contributed by atoms with van der Waals surface area (Å²) >= 11 is 0. The first kappa shape index (κ1) is 33.2. The number of para-hydroxylation sites is 1. The van der Waals surface area contributed by atoms with Gasteiger partial charge in [-0.05, 0) is 41.9 Å². The second-order valence-electron chi connectivity index (χ2n) is 12.5. The van der Waals surface area contributed by atoms with E-state index in [1.165, 1.54) is 0 Å². The standard InChI is InChI=1S/C34H44N6O5/c1-5-20(4)28(21-11-7-6-8-12-21)31(43)40-34(16-15-25-23(18-34)22-13-9-10-14-24(22)37-25)33(45)39-29(19(2)3)32(44)38-26(30(36)42)17-27(35)41/h6-14,19-20,26,28-29,37H,5,15-18H2,1-4H3,(H2,35,41)(H2,36,42)(H,38,44)(H,39,45)(H,40,43)/t20?,26-,28?,29-,34+/m0/s1. The fraction of sp³-hybridized carbons (Fsp3) is 0.441. The normalized spacial score (nSPS) is 18.7. The molecule has 1 aliphatic carbocycles. The number of aryl methyl sites for hydroxylation is 1. The van der Waals surface area contributed by atoms with Crippen molar-refractivity contribution in [1.82, 2.24) is 20.9 Å². The van der Waals surface area contributed by atoms with Crippen molar-refractivity contribution in [3.8, 4) is 0 Å². The molecule has 11 nitrogen and oxygen atoms in total. The van der Waals surface area contributed by atoms with Crippen molar-refractivity contribution in [1.29, 1.82) is 0 Å². The van der Waals surface area contributed by atoms with Gasteiger partial charge in [-0.2, -0.15) is 0 Å². The minimum absolute atomic E-state index is 0.00932. The van der Waals surface area contributed by atoms with Gasteiger partial charge in [-0.1, -0.05) is 82.6 Å². The molecule has 1 heterocycles. The van der Waals surface area contributed by atoms with Gasteiger partial charge in [0.15, 0.2) is 0 Å². The highest BCUT2D eigenvalue weighted by Gasteiger charge is 2.46. The number of carbonyl (C=O) groups excluding carboxylic acids is 5. The van der Waals surface area contributed by atoms with Crippen LogP contribution in [-0.4, -0.2) is 52.1 Å². The summed E-state index contributed by atoms with van der Waals surface area (Å²) in [5.74, 6) is -4.11. The average molecular weight is 617 g/mol. The zero-order valence-electron chi connectivity index (χ0n) is 26.3. The third-order valence-corrected chi connectivity index (χ3v) is 8.93. The van der Waals surface area contributed by atoms with Gasteiger partial charge in [-0.15, -0.1) is 0 Å². The number of amides is 5. The van der Waals surface area contributed by atoms with E-state index in [0.717, 1.165) is 34.1 Å². The Morgan fingerprint density at radius 2 is 1.58 bits per heavy atom. The van der Waals surface area contributed by atoms with E-state index in [0.29, 0.717) is 12.8 Å². The number of hydrogen-bond acceptors (Lipinski definition) is 5. The molecule has 1 aromatic heterocycles. The lowest BCUT2D eigenvalue weighted by atomic mass is 9.77. The lowest BCUT2D eigenvalue weighted by Gasteiger charge is -2.39. The minimum atomic E-state index is -1.38. The maximum Gasteiger partial charge on any atom is 0.246 e. The Morgan fingerprint density at radius 1 is 0.911 bits per heavy atom. The highest BCUT2D eigenvalue weighted by molar-refractivity contribution is 5.99. The van der Waals surface area contributed by atoms with Crippen molar-refractivity contribution in [3.05, 3.63) is 71.4 Å². The molecule has 11 heteroatoms. The molecule has 3 aromatic rings. The number of aromatic amines is 1. The minimum Gasteiger partial charge on any atom is -0.370 e. The van der Waals surface area contributed by atoms with Crippen LogP contribution in [-0.2, 0) is 36.8 Å². The summed E-state index contributed by atoms with van der Waals surface area (Å²) in [6.07, 6.45) is 1.28. The fourth-order valence-electron chi connectivity index (χ4n) is 6.20. The number of H-pyrrole nitrogens is 1. The van der Waals surface area contributed by atoms with E-state index in [4.69, 9.17) is 11.5 Å². The van der Waals surface area contributed by atoms with Crippen molar-refractivity contribution in [2.24, 2.45) is 23.3 Å². The second-order valence-corrected chi connectivity index (χ2v) is 12.5. The number of nitrogens with two attached hydrogens (primary N) is 2. The number of benzene rings is 2. The fourth-order valence-corrected chi connectivity index (χ4v) is 6.20. The SMILES string of the molecule is CCC(C)C(C(=O)N[C@]1(C(=O)N[C@H](C(=O)N[C@@H](CC(N)=O)C(N)=O)C(C)C)CCc2[nH]c3ccccc3c2C1)c1ccccc1. The molecule has 0 aliphatic heterocycles. The smallest absolute Gasteiger partial charge is 0.246 e. The van der Waals surface area contributed by atoms with Gasteiger partial charge in [0.05, 0.1) is 12.3 Å². The lowest BCUT2D eigenvalue weighted by molar-refractivity contribution is -0.138. The molecule has 0 radical (unpaired) electrons. The summed E-state index contributed by atoms with van der Waals surface area (Å²) in [5.41, 5.74) is 13.0. The molecule has 0 spiro atoms. The van der Waals surface area contributed by atoms with Gasteiger partial charge < -0.3 is 32.4 Å². The maximum atomic E-state index is 14.5. The van der Waals surface area contributed by atoms with Crippen molar-refractivity contribution in [2.75, 3.05) is 0 Å². The van der Waals surface area contributed by atoms with Gasteiger partial charge in [0.2, 0.25) is 29.5 Å². The molecule has 0 fully saturated rings. The van der Waals surface area contributed by atoms with Crippen LogP contribution in [0.25, 0.3) is 10.9 Å². The molecular weight excluding hydrogens is 572 g/mol. The molecule has 4 rings (SSSR count). The lowest BCUT2D eigenvalue weighted by Crippen LogP contribution is -2.66. The van der Waals surface area contributed by atoms with Crippen molar-refractivity contribution in [2.45, 2.75) is 83.3 Å². The summed E-state index contributed by atoms with van der Waals surface area (Å²) < 4.78 is 0. The zero-order chi connectivity index (χ0) is 32.9. The number of aromatic nitrogens is 1. The highest BCUT2D eigenvalue weighted by Crippen LogP contribution is 2.36. The number of hydrogen-bond donors (Lipinski definition) is 6. The summed E-state index contributed by atoms with van der Waals surface area (Å²) in [7, 11) is 0. The molecule has 0 saturated carbocycles. The number of primary amides is 2. The first-order valence-corrected chi connectivity index (χ1v) is 15.5. The maximum absolute atomic E-state index is 14.5. The summed E-state index contributed by atoms with van der Waals surface area (Å²) in [5, 5.41) is 9.49. The summed E-state index contributed by atoms with van der Waals surface area (Å²) in [6.45, 7) is 7.54. The third-order valence-electron chi connectivity index (χ3n) is 8.93. The van der Waals surface area contributed by atoms with E-state index < -0.39 is 59.5 Å². The van der Waals surface area contributed by atoms with Gasteiger partial charge >= 0.3 is 0 Å². The molecule has 1 aliphatic rings. The molecule has 2 unspecified atom stereocenters. The van der Waals surface area contributed by atoms with Crippen LogP contribution >= 0.6 is 0 Å². The zero-order valence-corrected chi connectivity index (χ0v) is 26.3. The van der Waals surface area contributed by atoms with Gasteiger partial charge in [0, 0.05) is 23.0 Å². The van der Waals surface area contributed by atoms with Crippen LogP contribution in [0, 0.1) is 11.8 Å². The van der Waals surface area contributed by atoms with Crippen LogP contribution in [0.15, 0.2) is 54.6 Å². The first-order valence-electron chi connectivity index (χ1n) is 15.5. The van der Waals surface area contributed by atoms with Crippen molar-refractivity contribution >= 4 is 40.4 Å². The predicted molar refractivity (Wildman–Crippen MR) is 172 cm³/mol.